The van der Waals surface area contributed by atoms with Gasteiger partial charge in [0.05, 0.1) is 18.2 Å². The van der Waals surface area contributed by atoms with Crippen molar-refractivity contribution >= 4 is 22.9 Å². The SMILES string of the molecule is COC(=O)c1ccc(-n2ccc3cc(C(=O)N4C=CCCC4)cnc32)cc1. The predicted octanol–water partition coefficient (Wildman–Crippen LogP) is 3.56. The second-order valence-electron chi connectivity index (χ2n) is 6.39. The van der Waals surface area contributed by atoms with Gasteiger partial charge in [-0.2, -0.15) is 0 Å². The van der Waals surface area contributed by atoms with Crippen molar-refractivity contribution < 1.29 is 14.3 Å². The first-order chi connectivity index (χ1) is 13.2. The molecule has 0 N–H and O–H groups in total. The summed E-state index contributed by atoms with van der Waals surface area (Å²) in [4.78, 5) is 30.4. The molecule has 0 aliphatic carbocycles. The van der Waals surface area contributed by atoms with Gasteiger partial charge in [-0.1, -0.05) is 6.08 Å². The van der Waals surface area contributed by atoms with Crippen LogP contribution in [0, 0.1) is 0 Å². The van der Waals surface area contributed by atoms with Crippen molar-refractivity contribution in [2.24, 2.45) is 0 Å². The number of esters is 1. The fourth-order valence-electron chi connectivity index (χ4n) is 3.22. The lowest BCUT2D eigenvalue weighted by Crippen LogP contribution is -2.28. The van der Waals surface area contributed by atoms with Crippen molar-refractivity contribution in [1.29, 1.82) is 0 Å². The Morgan fingerprint density at radius 3 is 2.63 bits per heavy atom. The van der Waals surface area contributed by atoms with E-state index in [2.05, 4.69) is 4.98 Å². The topological polar surface area (TPSA) is 64.4 Å². The summed E-state index contributed by atoms with van der Waals surface area (Å²) in [5.74, 6) is -0.400. The molecule has 4 rings (SSSR count). The van der Waals surface area contributed by atoms with Crippen LogP contribution in [0.1, 0.15) is 33.6 Å². The lowest BCUT2D eigenvalue weighted by molar-refractivity contribution is 0.0600. The number of nitrogens with zero attached hydrogens (tertiary/aromatic N) is 3. The Balaban J connectivity index is 1.64. The fraction of sp³-hybridized carbons (Fsp3) is 0.190. The predicted molar refractivity (Wildman–Crippen MR) is 102 cm³/mol. The summed E-state index contributed by atoms with van der Waals surface area (Å²) >= 11 is 0. The third kappa shape index (κ3) is 3.21. The molecule has 0 fully saturated rings. The third-order valence-corrected chi connectivity index (χ3v) is 4.66. The molecule has 3 heterocycles. The van der Waals surface area contributed by atoms with Crippen LogP contribution in [0.4, 0.5) is 0 Å². The van der Waals surface area contributed by atoms with E-state index in [1.807, 2.05) is 47.3 Å². The monoisotopic (exact) mass is 361 g/mol. The minimum absolute atomic E-state index is 0.0319. The number of allylic oxidation sites excluding steroid dienone is 1. The van der Waals surface area contributed by atoms with Crippen molar-refractivity contribution in [2.45, 2.75) is 12.8 Å². The highest BCUT2D eigenvalue weighted by Gasteiger charge is 2.17. The zero-order valence-electron chi connectivity index (χ0n) is 15.0. The van der Waals surface area contributed by atoms with Crippen LogP contribution in [0.5, 0.6) is 0 Å². The number of carbonyl (C=O) groups excluding carboxylic acids is 2. The quantitative estimate of drug-likeness (QED) is 0.669. The summed E-state index contributed by atoms with van der Waals surface area (Å²) in [5, 5.41) is 0.888. The van der Waals surface area contributed by atoms with Gasteiger partial charge in [0.25, 0.3) is 5.91 Å². The molecule has 2 aromatic heterocycles. The summed E-state index contributed by atoms with van der Waals surface area (Å²) in [6, 6.07) is 10.9. The van der Waals surface area contributed by atoms with Crippen LogP contribution in [-0.4, -0.2) is 40.0 Å². The fourth-order valence-corrected chi connectivity index (χ4v) is 3.22. The summed E-state index contributed by atoms with van der Waals surface area (Å²) in [6.45, 7) is 0.737. The Bertz CT molecular complexity index is 1030. The zero-order valence-corrected chi connectivity index (χ0v) is 15.0. The summed E-state index contributed by atoms with van der Waals surface area (Å²) in [6.07, 6.45) is 9.38. The smallest absolute Gasteiger partial charge is 0.337 e. The maximum Gasteiger partial charge on any atom is 0.337 e. The molecule has 0 spiro atoms. The van der Waals surface area contributed by atoms with E-state index in [-0.39, 0.29) is 11.9 Å². The molecule has 1 aliphatic rings. The lowest BCUT2D eigenvalue weighted by atomic mass is 10.1. The van der Waals surface area contributed by atoms with Crippen molar-refractivity contribution in [1.82, 2.24) is 14.5 Å². The number of methoxy groups -OCH3 is 1. The van der Waals surface area contributed by atoms with Gasteiger partial charge in [0.15, 0.2) is 0 Å². The maximum absolute atomic E-state index is 12.6. The van der Waals surface area contributed by atoms with E-state index in [1.165, 1.54) is 7.11 Å². The van der Waals surface area contributed by atoms with E-state index in [0.717, 1.165) is 36.1 Å². The number of rotatable bonds is 3. The number of fused-ring (bicyclic) bond motifs is 1. The van der Waals surface area contributed by atoms with Crippen molar-refractivity contribution in [3.05, 3.63) is 72.2 Å². The number of hydrogen-bond acceptors (Lipinski definition) is 4. The van der Waals surface area contributed by atoms with Crippen LogP contribution in [0.15, 0.2) is 61.1 Å². The third-order valence-electron chi connectivity index (χ3n) is 4.66. The van der Waals surface area contributed by atoms with Crippen LogP contribution < -0.4 is 0 Å². The van der Waals surface area contributed by atoms with E-state index in [1.54, 1.807) is 23.2 Å². The molecule has 3 aromatic rings. The van der Waals surface area contributed by atoms with Crippen molar-refractivity contribution in [2.75, 3.05) is 13.7 Å². The average Bonchev–Trinajstić information content (AvgIpc) is 3.16. The molecule has 0 unspecified atom stereocenters. The summed E-state index contributed by atoms with van der Waals surface area (Å²) in [5.41, 5.74) is 2.70. The average molecular weight is 361 g/mol. The Morgan fingerprint density at radius 2 is 1.93 bits per heavy atom. The van der Waals surface area contributed by atoms with Gasteiger partial charge < -0.3 is 14.2 Å². The molecule has 136 valence electrons. The van der Waals surface area contributed by atoms with Crippen LogP contribution in [-0.2, 0) is 4.74 Å². The number of ether oxygens (including phenoxy) is 1. The summed E-state index contributed by atoms with van der Waals surface area (Å²) in [7, 11) is 1.36. The standard InChI is InChI=1S/C21H19N3O3/c1-27-21(26)15-5-7-18(8-6-15)24-12-9-16-13-17(14-22-19(16)24)20(25)23-10-3-2-4-11-23/h3,5-10,12-14H,2,4,11H2,1H3. The van der Waals surface area contributed by atoms with Gasteiger partial charge in [-0.3, -0.25) is 4.79 Å². The Labute approximate surface area is 156 Å². The van der Waals surface area contributed by atoms with Crippen LogP contribution in [0.25, 0.3) is 16.7 Å². The molecule has 0 radical (unpaired) electrons. The second-order valence-corrected chi connectivity index (χ2v) is 6.39. The van der Waals surface area contributed by atoms with Gasteiger partial charge in [-0.15, -0.1) is 0 Å². The highest BCUT2D eigenvalue weighted by atomic mass is 16.5. The molecule has 0 saturated heterocycles. The van der Waals surface area contributed by atoms with Crippen molar-refractivity contribution in [3.63, 3.8) is 0 Å². The highest BCUT2D eigenvalue weighted by Crippen LogP contribution is 2.21. The lowest BCUT2D eigenvalue weighted by Gasteiger charge is -2.21. The van der Waals surface area contributed by atoms with Gasteiger partial charge in [-0.25, -0.2) is 9.78 Å². The van der Waals surface area contributed by atoms with Gasteiger partial charge in [-0.05, 0) is 49.2 Å². The van der Waals surface area contributed by atoms with Crippen molar-refractivity contribution in [3.8, 4) is 5.69 Å². The number of hydrogen-bond donors (Lipinski definition) is 0. The molecule has 1 aromatic carbocycles. The molecule has 0 atom stereocenters. The molecule has 0 bridgehead atoms. The Hall–Kier alpha value is -3.41. The van der Waals surface area contributed by atoms with Gasteiger partial charge in [0.2, 0.25) is 0 Å². The summed E-state index contributed by atoms with van der Waals surface area (Å²) < 4.78 is 6.65. The minimum atomic E-state index is -0.369. The first-order valence-electron chi connectivity index (χ1n) is 8.81. The second kappa shape index (κ2) is 7.07. The number of pyridine rings is 1. The molecular formula is C21H19N3O3. The molecule has 27 heavy (non-hydrogen) atoms. The first kappa shape index (κ1) is 17.0. The minimum Gasteiger partial charge on any atom is -0.465 e. The molecule has 6 heteroatoms. The molecule has 6 nitrogen and oxygen atoms in total. The molecule has 0 saturated carbocycles. The van der Waals surface area contributed by atoms with Gasteiger partial charge >= 0.3 is 5.97 Å². The highest BCUT2D eigenvalue weighted by molar-refractivity contribution is 5.97. The van der Waals surface area contributed by atoms with E-state index >= 15 is 0 Å². The van der Waals surface area contributed by atoms with E-state index in [0.29, 0.717) is 11.1 Å². The van der Waals surface area contributed by atoms with Gasteiger partial charge in [0.1, 0.15) is 5.65 Å². The van der Waals surface area contributed by atoms with Crippen LogP contribution in [0.2, 0.25) is 0 Å². The number of aromatic nitrogens is 2. The molecule has 1 aliphatic heterocycles. The number of benzene rings is 1. The van der Waals surface area contributed by atoms with E-state index < -0.39 is 0 Å². The maximum atomic E-state index is 12.6. The Kier molecular flexibility index (Phi) is 4.46. The van der Waals surface area contributed by atoms with Crippen LogP contribution >= 0.6 is 0 Å². The molecule has 1 amide bonds. The molecular weight excluding hydrogens is 342 g/mol. The Morgan fingerprint density at radius 1 is 1.11 bits per heavy atom. The first-order valence-corrected chi connectivity index (χ1v) is 8.81. The van der Waals surface area contributed by atoms with E-state index in [9.17, 15) is 9.59 Å². The largest absolute Gasteiger partial charge is 0.465 e. The normalized spacial score (nSPS) is 13.7. The zero-order chi connectivity index (χ0) is 18.8. The van der Waals surface area contributed by atoms with Gasteiger partial charge in [0, 0.05) is 36.2 Å². The van der Waals surface area contributed by atoms with E-state index in [4.69, 9.17) is 4.74 Å². The van der Waals surface area contributed by atoms with Crippen LogP contribution in [0.3, 0.4) is 0 Å². The number of carbonyl (C=O) groups is 2. The number of amides is 1.